The van der Waals surface area contributed by atoms with Crippen molar-refractivity contribution in [2.24, 2.45) is 0 Å². The number of thiophene rings is 1. The molecule has 0 saturated carbocycles. The highest BCUT2D eigenvalue weighted by molar-refractivity contribution is 14.1. The topological polar surface area (TPSA) is 0 Å². The molecule has 0 spiro atoms. The van der Waals surface area contributed by atoms with Gasteiger partial charge in [-0.05, 0) is 52.4 Å². The first-order chi connectivity index (χ1) is 7.47. The zero-order valence-electron chi connectivity index (χ0n) is 7.88. The van der Waals surface area contributed by atoms with Crippen molar-refractivity contribution in [2.45, 2.75) is 6.18 Å². The smallest absolute Gasteiger partial charge is 0.166 e. The lowest BCUT2D eigenvalue weighted by Gasteiger charge is -2.06. The van der Waals surface area contributed by atoms with Crippen molar-refractivity contribution in [1.29, 1.82) is 0 Å². The van der Waals surface area contributed by atoms with Gasteiger partial charge in [0.2, 0.25) is 0 Å². The van der Waals surface area contributed by atoms with Gasteiger partial charge in [-0.3, -0.25) is 0 Å². The van der Waals surface area contributed by atoms with E-state index in [0.29, 0.717) is 0 Å². The van der Waals surface area contributed by atoms with E-state index < -0.39 is 11.7 Å². The van der Waals surface area contributed by atoms with Crippen LogP contribution in [0.25, 0.3) is 10.4 Å². The first-order valence-corrected chi connectivity index (χ1v) is 6.29. The molecule has 0 nitrogen and oxygen atoms in total. The Morgan fingerprint density at radius 2 is 1.56 bits per heavy atom. The van der Waals surface area contributed by atoms with E-state index in [-0.39, 0.29) is 0 Å². The third-order valence-electron chi connectivity index (χ3n) is 2.07. The standard InChI is InChI=1S/C11H6F3IS/c12-11(13,14)8-3-1-7(2-4-8)9-5-6-10(15)16-9/h1-6H. The van der Waals surface area contributed by atoms with Gasteiger partial charge in [-0.25, -0.2) is 0 Å². The molecule has 0 bridgehead atoms. The van der Waals surface area contributed by atoms with Crippen molar-refractivity contribution in [3.63, 3.8) is 0 Å². The molecule has 1 heterocycles. The fourth-order valence-electron chi connectivity index (χ4n) is 1.29. The Kier molecular flexibility index (Phi) is 3.25. The molecular weight excluding hydrogens is 348 g/mol. The number of hydrogen-bond acceptors (Lipinski definition) is 1. The van der Waals surface area contributed by atoms with Gasteiger partial charge < -0.3 is 0 Å². The van der Waals surface area contributed by atoms with E-state index in [1.165, 1.54) is 12.1 Å². The van der Waals surface area contributed by atoms with Gasteiger partial charge in [-0.1, -0.05) is 12.1 Å². The summed E-state index contributed by atoms with van der Waals surface area (Å²) in [6.07, 6.45) is -4.26. The second-order valence-corrected chi connectivity index (χ2v) is 6.16. The average molecular weight is 354 g/mol. The predicted octanol–water partition coefficient (Wildman–Crippen LogP) is 5.04. The lowest BCUT2D eigenvalue weighted by atomic mass is 10.1. The van der Waals surface area contributed by atoms with Gasteiger partial charge in [0.05, 0.1) is 8.45 Å². The highest BCUT2D eigenvalue weighted by Crippen LogP contribution is 2.33. The van der Waals surface area contributed by atoms with E-state index in [4.69, 9.17) is 0 Å². The second kappa shape index (κ2) is 4.37. The summed E-state index contributed by atoms with van der Waals surface area (Å²) < 4.78 is 38.1. The molecule has 0 aliphatic rings. The highest BCUT2D eigenvalue weighted by Gasteiger charge is 2.29. The summed E-state index contributed by atoms with van der Waals surface area (Å²) in [6.45, 7) is 0. The minimum Gasteiger partial charge on any atom is -0.166 e. The van der Waals surface area contributed by atoms with Crippen LogP contribution in [-0.2, 0) is 6.18 Å². The molecule has 2 aromatic rings. The minimum absolute atomic E-state index is 0.609. The van der Waals surface area contributed by atoms with Crippen molar-refractivity contribution in [1.82, 2.24) is 0 Å². The van der Waals surface area contributed by atoms with E-state index in [2.05, 4.69) is 22.6 Å². The maximum absolute atomic E-state index is 12.3. The summed E-state index contributed by atoms with van der Waals surface area (Å²) in [5.74, 6) is 0. The Labute approximate surface area is 108 Å². The maximum atomic E-state index is 12.3. The van der Waals surface area contributed by atoms with Crippen molar-refractivity contribution >= 4 is 33.9 Å². The predicted molar refractivity (Wildman–Crippen MR) is 67.5 cm³/mol. The lowest BCUT2D eigenvalue weighted by molar-refractivity contribution is -0.137. The quantitative estimate of drug-likeness (QED) is 0.630. The molecule has 0 aliphatic carbocycles. The van der Waals surface area contributed by atoms with Crippen LogP contribution in [-0.4, -0.2) is 0 Å². The molecule has 5 heteroatoms. The number of hydrogen-bond donors (Lipinski definition) is 0. The van der Waals surface area contributed by atoms with Gasteiger partial charge in [0, 0.05) is 4.88 Å². The van der Waals surface area contributed by atoms with Crippen LogP contribution in [0.4, 0.5) is 13.2 Å². The summed E-state index contributed by atoms with van der Waals surface area (Å²) >= 11 is 3.75. The monoisotopic (exact) mass is 354 g/mol. The van der Waals surface area contributed by atoms with Crippen molar-refractivity contribution in [3.05, 3.63) is 44.8 Å². The fraction of sp³-hybridized carbons (Fsp3) is 0.0909. The first-order valence-electron chi connectivity index (χ1n) is 4.40. The third kappa shape index (κ3) is 2.57. The lowest BCUT2D eigenvalue weighted by Crippen LogP contribution is -2.03. The molecule has 84 valence electrons. The average Bonchev–Trinajstić information content (AvgIpc) is 2.64. The van der Waals surface area contributed by atoms with Crippen LogP contribution in [0.3, 0.4) is 0 Å². The second-order valence-electron chi connectivity index (χ2n) is 3.18. The number of alkyl halides is 3. The number of halogens is 4. The van der Waals surface area contributed by atoms with E-state index >= 15 is 0 Å². The van der Waals surface area contributed by atoms with Crippen LogP contribution in [0.1, 0.15) is 5.56 Å². The highest BCUT2D eigenvalue weighted by atomic mass is 127. The van der Waals surface area contributed by atoms with Gasteiger partial charge in [0.1, 0.15) is 0 Å². The molecule has 0 atom stereocenters. The van der Waals surface area contributed by atoms with E-state index in [1.54, 1.807) is 11.3 Å². The van der Waals surface area contributed by atoms with Gasteiger partial charge >= 0.3 is 6.18 Å². The Hall–Kier alpha value is -0.560. The van der Waals surface area contributed by atoms with Gasteiger partial charge in [-0.2, -0.15) is 13.2 Å². The van der Waals surface area contributed by atoms with Crippen molar-refractivity contribution in [2.75, 3.05) is 0 Å². The largest absolute Gasteiger partial charge is 0.416 e. The van der Waals surface area contributed by atoms with Crippen LogP contribution < -0.4 is 0 Å². The molecule has 0 aliphatic heterocycles. The maximum Gasteiger partial charge on any atom is 0.416 e. The van der Waals surface area contributed by atoms with Gasteiger partial charge in [-0.15, -0.1) is 11.3 Å². The summed E-state index contributed by atoms with van der Waals surface area (Å²) in [4.78, 5) is 0.984. The van der Waals surface area contributed by atoms with Crippen LogP contribution in [0.15, 0.2) is 36.4 Å². The molecule has 2 rings (SSSR count). The molecule has 0 fully saturated rings. The fourth-order valence-corrected chi connectivity index (χ4v) is 2.92. The Bertz CT molecular complexity index is 485. The van der Waals surface area contributed by atoms with E-state index in [1.807, 2.05) is 12.1 Å². The summed E-state index contributed by atoms with van der Waals surface area (Å²) in [5.41, 5.74) is 0.211. The summed E-state index contributed by atoms with van der Waals surface area (Å²) in [5, 5.41) is 0. The molecule has 1 aromatic carbocycles. The van der Waals surface area contributed by atoms with E-state index in [9.17, 15) is 13.2 Å². The third-order valence-corrected chi connectivity index (χ3v) is 4.01. The SMILES string of the molecule is FC(F)(F)c1ccc(-c2ccc(I)s2)cc1. The molecule has 0 radical (unpaired) electrons. The molecule has 0 N–H and O–H groups in total. The van der Waals surface area contributed by atoms with Gasteiger partial charge in [0.15, 0.2) is 0 Å². The Balaban J connectivity index is 2.33. The molecule has 0 saturated heterocycles. The normalized spacial score (nSPS) is 11.8. The van der Waals surface area contributed by atoms with Crippen LogP contribution in [0, 0.1) is 2.88 Å². The Morgan fingerprint density at radius 3 is 2.00 bits per heavy atom. The molecular formula is C11H6F3IS. The van der Waals surface area contributed by atoms with Crippen molar-refractivity contribution < 1.29 is 13.2 Å². The van der Waals surface area contributed by atoms with Crippen LogP contribution in [0.5, 0.6) is 0 Å². The number of benzene rings is 1. The molecule has 16 heavy (non-hydrogen) atoms. The Morgan fingerprint density at radius 1 is 0.938 bits per heavy atom. The minimum atomic E-state index is -4.26. The molecule has 0 amide bonds. The van der Waals surface area contributed by atoms with Crippen LogP contribution in [0.2, 0.25) is 0 Å². The van der Waals surface area contributed by atoms with Crippen LogP contribution >= 0.6 is 33.9 Å². The molecule has 1 aromatic heterocycles. The summed E-state index contributed by atoms with van der Waals surface area (Å²) in [7, 11) is 0. The number of rotatable bonds is 1. The zero-order chi connectivity index (χ0) is 11.8. The summed E-state index contributed by atoms with van der Waals surface area (Å²) in [6, 6.07) is 9.09. The molecule has 0 unspecified atom stereocenters. The zero-order valence-corrected chi connectivity index (χ0v) is 10.9. The van der Waals surface area contributed by atoms with Gasteiger partial charge in [0.25, 0.3) is 0 Å². The van der Waals surface area contributed by atoms with Crippen molar-refractivity contribution in [3.8, 4) is 10.4 Å². The first kappa shape index (κ1) is 11.9. The van der Waals surface area contributed by atoms with E-state index in [0.717, 1.165) is 25.5 Å².